The van der Waals surface area contributed by atoms with Crippen molar-refractivity contribution < 1.29 is 9.47 Å². The minimum atomic E-state index is 0.546. The largest absolute Gasteiger partial charge is 0.468 e. The number of imidazole rings is 1. The number of hydrogen-bond acceptors (Lipinski definition) is 7. The Kier molecular flexibility index (Phi) is 5.91. The molecule has 2 N–H and O–H groups in total. The molecule has 0 spiro atoms. The van der Waals surface area contributed by atoms with E-state index >= 15 is 0 Å². The van der Waals surface area contributed by atoms with Gasteiger partial charge >= 0.3 is 0 Å². The summed E-state index contributed by atoms with van der Waals surface area (Å²) >= 11 is 0. The number of nitrogens with zero attached hydrogens (tertiary/aromatic N) is 4. The van der Waals surface area contributed by atoms with Gasteiger partial charge in [-0.2, -0.15) is 15.0 Å². The zero-order chi connectivity index (χ0) is 17.6. The Morgan fingerprint density at radius 3 is 2.72 bits per heavy atom. The molecule has 1 aliphatic rings. The number of anilines is 2. The van der Waals surface area contributed by atoms with Gasteiger partial charge in [-0.25, -0.2) is 0 Å². The van der Waals surface area contributed by atoms with E-state index < -0.39 is 0 Å². The predicted molar refractivity (Wildman–Crippen MR) is 98.4 cm³/mol. The molecular formula is C17H28N6O2. The van der Waals surface area contributed by atoms with Crippen molar-refractivity contribution in [2.24, 2.45) is 5.92 Å². The molecule has 0 aromatic carbocycles. The highest BCUT2D eigenvalue weighted by atomic mass is 16.5. The van der Waals surface area contributed by atoms with Crippen LogP contribution >= 0.6 is 0 Å². The molecular weight excluding hydrogens is 320 g/mol. The van der Waals surface area contributed by atoms with Crippen molar-refractivity contribution in [3.63, 3.8) is 0 Å². The standard InChI is InChI=1S/C17H28N6O2/c1-4-5-8-19-16-21-14(18-2)13-15(22-16)23(17(20-13)24-3)11-12-6-9-25-10-7-12/h12H,4-11H2,1-3H3,(H2,18,19,21,22). The molecule has 1 saturated heterocycles. The summed E-state index contributed by atoms with van der Waals surface area (Å²) in [4.78, 5) is 13.9. The number of unbranched alkanes of at least 4 members (excludes halogenated alkanes) is 1. The lowest BCUT2D eigenvalue weighted by Gasteiger charge is -2.22. The van der Waals surface area contributed by atoms with Crippen molar-refractivity contribution in [1.29, 1.82) is 0 Å². The van der Waals surface area contributed by atoms with Crippen LogP contribution in [0.2, 0.25) is 0 Å². The number of hydrogen-bond donors (Lipinski definition) is 2. The average Bonchev–Trinajstić information content (AvgIpc) is 3.00. The summed E-state index contributed by atoms with van der Waals surface area (Å²) in [7, 11) is 3.50. The molecule has 0 atom stereocenters. The maximum absolute atomic E-state index is 5.51. The minimum absolute atomic E-state index is 0.546. The Balaban J connectivity index is 1.96. The van der Waals surface area contributed by atoms with Gasteiger partial charge < -0.3 is 20.1 Å². The highest BCUT2D eigenvalue weighted by Crippen LogP contribution is 2.28. The number of methoxy groups -OCH3 is 1. The molecule has 0 bridgehead atoms. The van der Waals surface area contributed by atoms with E-state index in [1.54, 1.807) is 7.11 Å². The monoisotopic (exact) mass is 348 g/mol. The van der Waals surface area contributed by atoms with Crippen molar-refractivity contribution >= 4 is 22.9 Å². The van der Waals surface area contributed by atoms with Crippen LogP contribution in [0.5, 0.6) is 6.01 Å². The summed E-state index contributed by atoms with van der Waals surface area (Å²) in [5.41, 5.74) is 1.55. The fraction of sp³-hybridized carbons (Fsp3) is 0.706. The molecule has 1 fully saturated rings. The molecule has 0 unspecified atom stereocenters. The molecule has 8 nitrogen and oxygen atoms in total. The zero-order valence-corrected chi connectivity index (χ0v) is 15.3. The summed E-state index contributed by atoms with van der Waals surface area (Å²) in [6.07, 6.45) is 4.31. The van der Waals surface area contributed by atoms with Crippen LogP contribution in [0.3, 0.4) is 0 Å². The molecule has 25 heavy (non-hydrogen) atoms. The quantitative estimate of drug-likeness (QED) is 0.709. The Bertz CT molecular complexity index is 696. The van der Waals surface area contributed by atoms with E-state index in [1.807, 2.05) is 7.05 Å². The highest BCUT2D eigenvalue weighted by molar-refractivity contribution is 5.85. The van der Waals surface area contributed by atoms with Crippen molar-refractivity contribution in [3.05, 3.63) is 0 Å². The summed E-state index contributed by atoms with van der Waals surface area (Å²) in [6, 6.07) is 0.581. The van der Waals surface area contributed by atoms with Crippen molar-refractivity contribution in [2.75, 3.05) is 44.5 Å². The second kappa shape index (κ2) is 8.33. The van der Waals surface area contributed by atoms with Crippen LogP contribution in [0.4, 0.5) is 11.8 Å². The lowest BCUT2D eigenvalue weighted by molar-refractivity contribution is 0.0608. The van der Waals surface area contributed by atoms with Crippen LogP contribution in [-0.2, 0) is 11.3 Å². The summed E-state index contributed by atoms with van der Waals surface area (Å²) in [5, 5.41) is 6.43. The van der Waals surface area contributed by atoms with E-state index in [0.29, 0.717) is 23.7 Å². The van der Waals surface area contributed by atoms with E-state index in [4.69, 9.17) is 14.5 Å². The van der Waals surface area contributed by atoms with Crippen molar-refractivity contribution in [1.82, 2.24) is 19.5 Å². The molecule has 138 valence electrons. The SMILES string of the molecule is CCCCNc1nc(NC)c2nc(OC)n(CC3CCOCC3)c2n1. The molecule has 0 aliphatic carbocycles. The maximum Gasteiger partial charge on any atom is 0.298 e. The number of ether oxygens (including phenoxy) is 2. The fourth-order valence-electron chi connectivity index (χ4n) is 3.12. The van der Waals surface area contributed by atoms with E-state index in [1.165, 1.54) is 0 Å². The lowest BCUT2D eigenvalue weighted by atomic mass is 10.0. The smallest absolute Gasteiger partial charge is 0.298 e. The molecule has 0 saturated carbocycles. The van der Waals surface area contributed by atoms with E-state index in [2.05, 4.69) is 32.1 Å². The summed E-state index contributed by atoms with van der Waals surface area (Å²) in [5.74, 6) is 1.89. The summed E-state index contributed by atoms with van der Waals surface area (Å²) in [6.45, 7) is 5.49. The topological polar surface area (TPSA) is 86.1 Å². The molecule has 1 aliphatic heterocycles. The fourth-order valence-corrected chi connectivity index (χ4v) is 3.12. The number of rotatable bonds is 8. The van der Waals surface area contributed by atoms with Gasteiger partial charge in [-0.05, 0) is 25.2 Å². The maximum atomic E-state index is 5.51. The zero-order valence-electron chi connectivity index (χ0n) is 15.3. The Hall–Kier alpha value is -2.09. The third-order valence-electron chi connectivity index (χ3n) is 4.57. The molecule has 0 radical (unpaired) electrons. The van der Waals surface area contributed by atoms with Crippen LogP contribution in [-0.4, -0.2) is 53.4 Å². The van der Waals surface area contributed by atoms with E-state index in [-0.39, 0.29) is 0 Å². The van der Waals surface area contributed by atoms with Gasteiger partial charge in [0.05, 0.1) is 7.11 Å². The van der Waals surface area contributed by atoms with Gasteiger partial charge in [0, 0.05) is 33.4 Å². The summed E-state index contributed by atoms with van der Waals surface area (Å²) < 4.78 is 13.1. The molecule has 3 rings (SSSR count). The van der Waals surface area contributed by atoms with Crippen molar-refractivity contribution in [3.8, 4) is 6.01 Å². The number of aromatic nitrogens is 4. The average molecular weight is 348 g/mol. The molecule has 0 amide bonds. The normalized spacial score (nSPS) is 15.5. The van der Waals surface area contributed by atoms with E-state index in [0.717, 1.165) is 63.2 Å². The minimum Gasteiger partial charge on any atom is -0.468 e. The van der Waals surface area contributed by atoms with Gasteiger partial charge in [0.15, 0.2) is 17.0 Å². The molecule has 2 aromatic heterocycles. The molecule has 3 heterocycles. The molecule has 8 heteroatoms. The third-order valence-corrected chi connectivity index (χ3v) is 4.57. The Labute approximate surface area is 148 Å². The van der Waals surface area contributed by atoms with Crippen LogP contribution < -0.4 is 15.4 Å². The predicted octanol–water partition coefficient (Wildman–Crippen LogP) is 2.52. The number of fused-ring (bicyclic) bond motifs is 1. The first kappa shape index (κ1) is 17.7. The Morgan fingerprint density at radius 2 is 2.04 bits per heavy atom. The van der Waals surface area contributed by atoms with Crippen LogP contribution in [0.15, 0.2) is 0 Å². The molecule has 2 aromatic rings. The number of nitrogens with one attached hydrogen (secondary N) is 2. The van der Waals surface area contributed by atoms with Crippen LogP contribution in [0.1, 0.15) is 32.6 Å². The second-order valence-electron chi connectivity index (χ2n) is 6.36. The van der Waals surface area contributed by atoms with Crippen LogP contribution in [0, 0.1) is 5.92 Å². The van der Waals surface area contributed by atoms with E-state index in [9.17, 15) is 0 Å². The van der Waals surface area contributed by atoms with Crippen LogP contribution in [0.25, 0.3) is 11.2 Å². The van der Waals surface area contributed by atoms with Gasteiger partial charge in [0.2, 0.25) is 5.95 Å². The van der Waals surface area contributed by atoms with Crippen molar-refractivity contribution in [2.45, 2.75) is 39.2 Å². The van der Waals surface area contributed by atoms with Gasteiger partial charge in [-0.15, -0.1) is 0 Å². The van der Waals surface area contributed by atoms with Gasteiger partial charge in [-0.1, -0.05) is 13.3 Å². The second-order valence-corrected chi connectivity index (χ2v) is 6.36. The first-order chi connectivity index (χ1) is 12.3. The first-order valence-electron chi connectivity index (χ1n) is 9.08. The highest BCUT2D eigenvalue weighted by Gasteiger charge is 2.22. The van der Waals surface area contributed by atoms with Gasteiger partial charge in [0.25, 0.3) is 6.01 Å². The lowest BCUT2D eigenvalue weighted by Crippen LogP contribution is -2.21. The Morgan fingerprint density at radius 1 is 1.24 bits per heavy atom. The van der Waals surface area contributed by atoms with Gasteiger partial charge in [-0.3, -0.25) is 4.57 Å². The third kappa shape index (κ3) is 3.95. The first-order valence-corrected chi connectivity index (χ1v) is 9.08. The van der Waals surface area contributed by atoms with Gasteiger partial charge in [0.1, 0.15) is 0 Å².